The number of anilines is 1. The molecule has 1 aromatic heterocycles. The van der Waals surface area contributed by atoms with Gasteiger partial charge in [0.05, 0.1) is 11.3 Å². The van der Waals surface area contributed by atoms with Gasteiger partial charge in [0.1, 0.15) is 11.4 Å². The number of benzene rings is 1. The molecule has 4 aliphatic carbocycles. The summed E-state index contributed by atoms with van der Waals surface area (Å²) in [6.07, 6.45) is 4.86. The molecule has 4 fully saturated rings. The van der Waals surface area contributed by atoms with Crippen LogP contribution in [0.3, 0.4) is 0 Å². The van der Waals surface area contributed by atoms with Crippen molar-refractivity contribution >= 4 is 29.1 Å². The van der Waals surface area contributed by atoms with Crippen LogP contribution in [-0.2, 0) is 16.6 Å². The van der Waals surface area contributed by atoms with Crippen LogP contribution < -0.4 is 10.6 Å². The van der Waals surface area contributed by atoms with E-state index in [0.717, 1.165) is 25.7 Å². The van der Waals surface area contributed by atoms with Gasteiger partial charge in [-0.05, 0) is 113 Å². The Kier molecular flexibility index (Phi) is 6.12. The number of nitrogens with one attached hydrogen (secondary N) is 2. The van der Waals surface area contributed by atoms with E-state index in [-0.39, 0.29) is 34.7 Å². The third kappa shape index (κ3) is 3.92. The van der Waals surface area contributed by atoms with Crippen molar-refractivity contribution < 1.29 is 23.6 Å². The lowest BCUT2D eigenvalue weighted by Crippen LogP contribution is -2.70. The molecule has 0 unspecified atom stereocenters. The number of aryl methyl sites for hydroxylation is 1. The number of hydrogen-bond donors (Lipinski definition) is 2. The normalized spacial score (nSPS) is 27.7. The molecule has 0 radical (unpaired) electrons. The van der Waals surface area contributed by atoms with Gasteiger partial charge in [0.25, 0.3) is 17.6 Å². The number of Topliss-reactive ketones (excluding diaryl/α,β-unsaturated/α-hetero) is 2. The van der Waals surface area contributed by atoms with Crippen LogP contribution in [0.15, 0.2) is 18.2 Å². The number of amides is 2. The van der Waals surface area contributed by atoms with Crippen LogP contribution in [0.2, 0.25) is 0 Å². The molecule has 2 N–H and O–H groups in total. The van der Waals surface area contributed by atoms with Crippen molar-refractivity contribution in [1.29, 1.82) is 0 Å². The minimum Gasteiger partial charge on any atom is -0.344 e. The molecule has 4 saturated carbocycles. The Morgan fingerprint density at radius 2 is 1.57 bits per heavy atom. The molecular weight excluding hydrogens is 473 g/mol. The fourth-order valence-electron chi connectivity index (χ4n) is 7.70. The maximum atomic E-state index is 13.6. The van der Waals surface area contributed by atoms with E-state index in [9.17, 15) is 23.6 Å². The monoisotopic (exact) mass is 507 g/mol. The summed E-state index contributed by atoms with van der Waals surface area (Å²) in [4.78, 5) is 53.2. The van der Waals surface area contributed by atoms with Crippen LogP contribution in [0.1, 0.15) is 76.7 Å². The van der Waals surface area contributed by atoms with E-state index >= 15 is 0 Å². The van der Waals surface area contributed by atoms with Gasteiger partial charge in [-0.3, -0.25) is 19.2 Å². The number of hydrogen-bond acceptors (Lipinski definition) is 4. The molecule has 1 heterocycles. The Balaban J connectivity index is 1.41. The van der Waals surface area contributed by atoms with Crippen molar-refractivity contribution in [3.63, 3.8) is 0 Å². The molecule has 4 aliphatic rings. The van der Waals surface area contributed by atoms with Gasteiger partial charge in [0.2, 0.25) is 0 Å². The van der Waals surface area contributed by atoms with Gasteiger partial charge in [0.15, 0.2) is 5.78 Å². The molecule has 0 spiro atoms. The largest absolute Gasteiger partial charge is 0.344 e. The summed E-state index contributed by atoms with van der Waals surface area (Å²) >= 11 is 0. The van der Waals surface area contributed by atoms with Crippen LogP contribution in [0, 0.1) is 50.3 Å². The van der Waals surface area contributed by atoms with Gasteiger partial charge in [-0.2, -0.15) is 0 Å². The second-order valence-corrected chi connectivity index (χ2v) is 11.4. The molecule has 0 saturated heterocycles. The second kappa shape index (κ2) is 8.92. The zero-order valence-electron chi connectivity index (χ0n) is 22.0. The van der Waals surface area contributed by atoms with Gasteiger partial charge in [-0.15, -0.1) is 0 Å². The number of ketones is 2. The topological polar surface area (TPSA) is 97.3 Å². The highest BCUT2D eigenvalue weighted by Crippen LogP contribution is 2.58. The van der Waals surface area contributed by atoms with E-state index in [1.165, 1.54) is 31.5 Å². The highest BCUT2D eigenvalue weighted by Gasteiger charge is 2.60. The molecule has 0 aliphatic heterocycles. The Labute approximate surface area is 216 Å². The predicted molar refractivity (Wildman–Crippen MR) is 137 cm³/mol. The predicted octanol–water partition coefficient (Wildman–Crippen LogP) is 4.42. The quantitative estimate of drug-likeness (QED) is 0.447. The zero-order chi connectivity index (χ0) is 26.8. The van der Waals surface area contributed by atoms with Gasteiger partial charge in [0, 0.05) is 18.4 Å². The van der Waals surface area contributed by atoms with Crippen molar-refractivity contribution in [3.8, 4) is 0 Å². The SMILES string of the molecule is CC(=O)C1(NC(=O)C(=O)c2c(C)c(C(=O)Nc3ccc(F)c(C)c3)c(C)n2C)C2CC3CC(C2)CC1C3. The number of carbonyl (C=O) groups excluding carboxylic acids is 4. The molecule has 2 aromatic rings. The Morgan fingerprint density at radius 1 is 0.973 bits per heavy atom. The fraction of sp³-hybridized carbons (Fsp3) is 0.517. The summed E-state index contributed by atoms with van der Waals surface area (Å²) < 4.78 is 15.2. The summed E-state index contributed by atoms with van der Waals surface area (Å²) in [6.45, 7) is 6.49. The van der Waals surface area contributed by atoms with Crippen molar-refractivity contribution in [2.75, 3.05) is 5.32 Å². The molecule has 4 bridgehead atoms. The fourth-order valence-corrected chi connectivity index (χ4v) is 7.70. The lowest BCUT2D eigenvalue weighted by molar-refractivity contribution is -0.147. The average Bonchev–Trinajstić information content (AvgIpc) is 3.05. The standard InChI is InChI=1S/C29H34FN3O4/c1-14-8-22(6-7-23(14)30)31-27(36)24-15(2)25(33(5)16(24)3)26(35)28(37)32-29(17(4)34)20-10-18-9-19(12-20)13-21(29)11-18/h6-8,18-21H,9-13H2,1-5H3,(H,31,36)(H,32,37). The molecular formula is C29H34FN3O4. The number of aromatic nitrogens is 1. The van der Waals surface area contributed by atoms with Gasteiger partial charge < -0.3 is 15.2 Å². The summed E-state index contributed by atoms with van der Waals surface area (Å²) in [7, 11) is 1.64. The van der Waals surface area contributed by atoms with Crippen molar-refractivity contribution in [3.05, 3.63) is 52.1 Å². The van der Waals surface area contributed by atoms with E-state index in [0.29, 0.717) is 34.3 Å². The number of carbonyl (C=O) groups is 4. The van der Waals surface area contributed by atoms with E-state index in [1.54, 1.807) is 32.4 Å². The molecule has 0 atom stereocenters. The highest BCUT2D eigenvalue weighted by atomic mass is 19.1. The van der Waals surface area contributed by atoms with Crippen LogP contribution >= 0.6 is 0 Å². The van der Waals surface area contributed by atoms with E-state index < -0.39 is 23.1 Å². The molecule has 37 heavy (non-hydrogen) atoms. The van der Waals surface area contributed by atoms with E-state index in [4.69, 9.17) is 0 Å². The summed E-state index contributed by atoms with van der Waals surface area (Å²) in [5.74, 6) is -1.11. The molecule has 2 amide bonds. The first-order valence-electron chi connectivity index (χ1n) is 13.0. The lowest BCUT2D eigenvalue weighted by atomic mass is 9.47. The van der Waals surface area contributed by atoms with Crippen LogP contribution in [0.25, 0.3) is 0 Å². The van der Waals surface area contributed by atoms with Gasteiger partial charge in [-0.25, -0.2) is 4.39 Å². The van der Waals surface area contributed by atoms with Crippen molar-refractivity contribution in [1.82, 2.24) is 9.88 Å². The maximum absolute atomic E-state index is 13.6. The summed E-state index contributed by atoms with van der Waals surface area (Å²) in [6, 6.07) is 4.29. The summed E-state index contributed by atoms with van der Waals surface area (Å²) in [5.41, 5.74) is 1.17. The Bertz CT molecular complexity index is 1310. The van der Waals surface area contributed by atoms with Gasteiger partial charge >= 0.3 is 0 Å². The summed E-state index contributed by atoms with van der Waals surface area (Å²) in [5, 5.41) is 5.71. The second-order valence-electron chi connectivity index (χ2n) is 11.4. The Morgan fingerprint density at radius 3 is 2.11 bits per heavy atom. The average molecular weight is 508 g/mol. The third-order valence-electron chi connectivity index (χ3n) is 9.32. The molecule has 1 aromatic carbocycles. The van der Waals surface area contributed by atoms with Crippen LogP contribution in [0.5, 0.6) is 0 Å². The third-order valence-corrected chi connectivity index (χ3v) is 9.32. The number of nitrogens with zero attached hydrogens (tertiary/aromatic N) is 1. The first-order valence-corrected chi connectivity index (χ1v) is 13.0. The van der Waals surface area contributed by atoms with E-state index in [2.05, 4.69) is 10.6 Å². The van der Waals surface area contributed by atoms with Crippen LogP contribution in [0.4, 0.5) is 10.1 Å². The minimum atomic E-state index is -0.991. The van der Waals surface area contributed by atoms with Gasteiger partial charge in [-0.1, -0.05) is 0 Å². The first kappa shape index (κ1) is 25.4. The number of rotatable bonds is 6. The van der Waals surface area contributed by atoms with E-state index in [1.807, 2.05) is 0 Å². The zero-order valence-corrected chi connectivity index (χ0v) is 22.0. The van der Waals surface area contributed by atoms with Crippen molar-refractivity contribution in [2.24, 2.45) is 30.7 Å². The molecule has 6 rings (SSSR count). The lowest BCUT2D eigenvalue weighted by Gasteiger charge is -2.60. The Hall–Kier alpha value is -3.29. The van der Waals surface area contributed by atoms with Crippen LogP contribution in [-0.4, -0.2) is 33.5 Å². The van der Waals surface area contributed by atoms with Crippen molar-refractivity contribution in [2.45, 2.75) is 65.3 Å². The molecule has 196 valence electrons. The maximum Gasteiger partial charge on any atom is 0.294 e. The number of halogens is 1. The molecule has 8 heteroatoms. The highest BCUT2D eigenvalue weighted by molar-refractivity contribution is 6.43. The minimum absolute atomic E-state index is 0.0646. The smallest absolute Gasteiger partial charge is 0.294 e. The molecule has 7 nitrogen and oxygen atoms in total. The first-order chi connectivity index (χ1) is 17.4.